The van der Waals surface area contributed by atoms with Gasteiger partial charge in [-0.25, -0.2) is 0 Å². The summed E-state index contributed by atoms with van der Waals surface area (Å²) in [6.07, 6.45) is 0. The minimum absolute atomic E-state index is 0.0848. The summed E-state index contributed by atoms with van der Waals surface area (Å²) >= 11 is 3.15. The Labute approximate surface area is 106 Å². The van der Waals surface area contributed by atoms with E-state index in [1.165, 1.54) is 6.07 Å². The van der Waals surface area contributed by atoms with Crippen LogP contribution in [0.5, 0.6) is 0 Å². The second-order valence-electron chi connectivity index (χ2n) is 4.47. The maximum Gasteiger partial charge on any atom is 0.446 e. The van der Waals surface area contributed by atoms with Gasteiger partial charge >= 0.3 is 5.51 Å². The minimum Gasteiger partial charge on any atom is -0.160 e. The molecule has 0 aromatic heterocycles. The zero-order valence-corrected chi connectivity index (χ0v) is 11.6. The van der Waals surface area contributed by atoms with Gasteiger partial charge in [-0.2, -0.15) is 13.2 Å². The normalized spacial score (nSPS) is 12.9. The predicted molar refractivity (Wildman–Crippen MR) is 64.8 cm³/mol. The summed E-state index contributed by atoms with van der Waals surface area (Å²) in [5, 5.41) is 0. The van der Waals surface area contributed by atoms with Gasteiger partial charge in [0.15, 0.2) is 0 Å². The summed E-state index contributed by atoms with van der Waals surface area (Å²) < 4.78 is 37.4. The molecule has 0 radical (unpaired) electrons. The standard InChI is InChI=1S/C11H12BrF3S/c1-10(2,3)7-4-8(12)6-9(5-7)16-11(13,14)15/h4-6H,1-3H3. The van der Waals surface area contributed by atoms with E-state index in [1.807, 2.05) is 26.8 Å². The van der Waals surface area contributed by atoms with Gasteiger partial charge in [0.2, 0.25) is 0 Å². The van der Waals surface area contributed by atoms with Crippen molar-refractivity contribution in [1.29, 1.82) is 0 Å². The third kappa shape index (κ3) is 4.37. The summed E-state index contributed by atoms with van der Waals surface area (Å²) in [5.74, 6) is 0. The molecule has 0 heterocycles. The highest BCUT2D eigenvalue weighted by molar-refractivity contribution is 9.10. The Balaban J connectivity index is 3.09. The molecule has 16 heavy (non-hydrogen) atoms. The van der Waals surface area contributed by atoms with Gasteiger partial charge in [0.05, 0.1) is 0 Å². The summed E-state index contributed by atoms with van der Waals surface area (Å²) in [6.45, 7) is 5.91. The molecule has 0 aliphatic heterocycles. The van der Waals surface area contributed by atoms with Gasteiger partial charge in [0, 0.05) is 9.37 Å². The monoisotopic (exact) mass is 312 g/mol. The third-order valence-corrected chi connectivity index (χ3v) is 3.13. The molecule has 0 saturated heterocycles. The van der Waals surface area contributed by atoms with Gasteiger partial charge in [-0.15, -0.1) is 0 Å². The van der Waals surface area contributed by atoms with Gasteiger partial charge in [-0.1, -0.05) is 36.7 Å². The zero-order chi connectivity index (χ0) is 12.6. The molecule has 5 heteroatoms. The lowest BCUT2D eigenvalue weighted by Gasteiger charge is -2.20. The Hall–Kier alpha value is -0.160. The minimum atomic E-state index is -4.24. The SMILES string of the molecule is CC(C)(C)c1cc(Br)cc(SC(F)(F)F)c1. The molecular formula is C11H12BrF3S. The summed E-state index contributed by atoms with van der Waals surface area (Å²) in [7, 11) is 0. The van der Waals surface area contributed by atoms with E-state index in [9.17, 15) is 13.2 Å². The van der Waals surface area contributed by atoms with Crippen molar-refractivity contribution in [1.82, 2.24) is 0 Å². The van der Waals surface area contributed by atoms with E-state index < -0.39 is 5.51 Å². The molecular weight excluding hydrogens is 301 g/mol. The highest BCUT2D eigenvalue weighted by Crippen LogP contribution is 2.39. The van der Waals surface area contributed by atoms with E-state index in [0.29, 0.717) is 4.47 Å². The van der Waals surface area contributed by atoms with Crippen LogP contribution in [-0.4, -0.2) is 5.51 Å². The highest BCUT2D eigenvalue weighted by atomic mass is 79.9. The average molecular weight is 313 g/mol. The molecule has 1 aromatic carbocycles. The molecule has 0 atom stereocenters. The van der Waals surface area contributed by atoms with Gasteiger partial charge in [-0.05, 0) is 40.9 Å². The van der Waals surface area contributed by atoms with Crippen LogP contribution in [0, 0.1) is 0 Å². The highest BCUT2D eigenvalue weighted by Gasteiger charge is 2.30. The van der Waals surface area contributed by atoms with Crippen LogP contribution in [0.2, 0.25) is 0 Å². The van der Waals surface area contributed by atoms with Crippen molar-refractivity contribution >= 4 is 27.7 Å². The van der Waals surface area contributed by atoms with Gasteiger partial charge in [0.25, 0.3) is 0 Å². The number of alkyl halides is 3. The van der Waals surface area contributed by atoms with Crippen LogP contribution in [0.4, 0.5) is 13.2 Å². The van der Waals surface area contributed by atoms with Crippen LogP contribution < -0.4 is 0 Å². The lowest BCUT2D eigenvalue weighted by molar-refractivity contribution is -0.0328. The molecule has 0 spiro atoms. The van der Waals surface area contributed by atoms with Gasteiger partial charge < -0.3 is 0 Å². The molecule has 0 amide bonds. The van der Waals surface area contributed by atoms with Crippen LogP contribution in [0.15, 0.2) is 27.6 Å². The second-order valence-corrected chi connectivity index (χ2v) is 6.53. The average Bonchev–Trinajstić information content (AvgIpc) is 1.97. The maximum absolute atomic E-state index is 12.2. The molecule has 0 nitrogen and oxygen atoms in total. The summed E-state index contributed by atoms with van der Waals surface area (Å²) in [6, 6.07) is 4.91. The van der Waals surface area contributed by atoms with Crippen molar-refractivity contribution in [2.45, 2.75) is 36.6 Å². The van der Waals surface area contributed by atoms with Crippen LogP contribution in [0.3, 0.4) is 0 Å². The fourth-order valence-electron chi connectivity index (χ4n) is 1.19. The quantitative estimate of drug-likeness (QED) is 0.629. The lowest BCUT2D eigenvalue weighted by Crippen LogP contribution is -2.11. The predicted octanol–water partition coefficient (Wildman–Crippen LogP) is 5.36. The van der Waals surface area contributed by atoms with Crippen molar-refractivity contribution in [2.75, 3.05) is 0 Å². The zero-order valence-electron chi connectivity index (χ0n) is 9.15. The number of rotatable bonds is 1. The van der Waals surface area contributed by atoms with E-state index >= 15 is 0 Å². The Morgan fingerprint density at radius 1 is 1.06 bits per heavy atom. The number of hydrogen-bond acceptors (Lipinski definition) is 1. The Kier molecular flexibility index (Phi) is 4.00. The van der Waals surface area contributed by atoms with E-state index in [4.69, 9.17) is 0 Å². The fourth-order valence-corrected chi connectivity index (χ4v) is 2.47. The first-order valence-electron chi connectivity index (χ1n) is 4.65. The number of hydrogen-bond donors (Lipinski definition) is 0. The van der Waals surface area contributed by atoms with Crippen molar-refractivity contribution in [3.8, 4) is 0 Å². The van der Waals surface area contributed by atoms with Gasteiger partial charge in [0.1, 0.15) is 0 Å². The maximum atomic E-state index is 12.2. The summed E-state index contributed by atoms with van der Waals surface area (Å²) in [4.78, 5) is 0.215. The van der Waals surface area contributed by atoms with Crippen LogP contribution in [0.25, 0.3) is 0 Å². The Bertz CT molecular complexity index is 380. The van der Waals surface area contributed by atoms with Crippen LogP contribution in [-0.2, 0) is 5.41 Å². The van der Waals surface area contributed by atoms with E-state index in [2.05, 4.69) is 15.9 Å². The van der Waals surface area contributed by atoms with Gasteiger partial charge in [-0.3, -0.25) is 0 Å². The van der Waals surface area contributed by atoms with Crippen LogP contribution in [0.1, 0.15) is 26.3 Å². The molecule has 90 valence electrons. The first kappa shape index (κ1) is 13.9. The van der Waals surface area contributed by atoms with E-state index in [-0.39, 0.29) is 22.1 Å². The smallest absolute Gasteiger partial charge is 0.160 e. The Morgan fingerprint density at radius 2 is 1.62 bits per heavy atom. The van der Waals surface area contributed by atoms with E-state index in [1.54, 1.807) is 6.07 Å². The second kappa shape index (κ2) is 4.61. The summed E-state index contributed by atoms with van der Waals surface area (Å²) in [5.41, 5.74) is -3.52. The largest absolute Gasteiger partial charge is 0.446 e. The van der Waals surface area contributed by atoms with Crippen molar-refractivity contribution < 1.29 is 13.2 Å². The van der Waals surface area contributed by atoms with Crippen LogP contribution >= 0.6 is 27.7 Å². The molecule has 0 aliphatic rings. The van der Waals surface area contributed by atoms with E-state index in [0.717, 1.165) is 5.56 Å². The number of benzene rings is 1. The van der Waals surface area contributed by atoms with Crippen molar-refractivity contribution in [3.63, 3.8) is 0 Å². The molecule has 0 aliphatic carbocycles. The number of thioether (sulfide) groups is 1. The fraction of sp³-hybridized carbons (Fsp3) is 0.455. The Morgan fingerprint density at radius 3 is 2.06 bits per heavy atom. The number of halogens is 4. The molecule has 1 aromatic rings. The molecule has 0 unspecified atom stereocenters. The molecule has 0 fully saturated rings. The first-order valence-corrected chi connectivity index (χ1v) is 6.26. The topological polar surface area (TPSA) is 0 Å². The molecule has 1 rings (SSSR count). The third-order valence-electron chi connectivity index (χ3n) is 1.97. The first-order chi connectivity index (χ1) is 7.08. The molecule has 0 bridgehead atoms. The van der Waals surface area contributed by atoms with Crippen molar-refractivity contribution in [3.05, 3.63) is 28.2 Å². The molecule has 0 N–H and O–H groups in total. The van der Waals surface area contributed by atoms with Crippen molar-refractivity contribution in [2.24, 2.45) is 0 Å². The molecule has 0 saturated carbocycles. The lowest BCUT2D eigenvalue weighted by atomic mass is 9.87.